The van der Waals surface area contributed by atoms with Gasteiger partial charge < -0.3 is 19.9 Å². The third-order valence-corrected chi connectivity index (χ3v) is 6.22. The number of hydrogen-bond donors (Lipinski definition) is 2. The fourth-order valence-corrected chi connectivity index (χ4v) is 4.11. The first-order valence-electron chi connectivity index (χ1n) is 11.5. The highest BCUT2D eigenvalue weighted by Crippen LogP contribution is 2.32. The molecule has 0 unspecified atom stereocenters. The number of benzene rings is 2. The number of anilines is 1. The van der Waals surface area contributed by atoms with Gasteiger partial charge in [-0.15, -0.1) is 0 Å². The number of aryl methyl sites for hydroxylation is 1. The van der Waals surface area contributed by atoms with Gasteiger partial charge in [0.1, 0.15) is 29.2 Å². The zero-order valence-corrected chi connectivity index (χ0v) is 18.4. The Morgan fingerprint density at radius 1 is 1.12 bits per heavy atom. The molecule has 1 fully saturated rings. The van der Waals surface area contributed by atoms with Gasteiger partial charge in [-0.05, 0) is 67.9 Å². The van der Waals surface area contributed by atoms with Gasteiger partial charge in [0, 0.05) is 18.2 Å². The number of nitrogens with zero attached hydrogens (tertiary/aromatic N) is 2. The molecule has 0 amide bonds. The van der Waals surface area contributed by atoms with Crippen LogP contribution >= 0.6 is 0 Å². The molecule has 1 aromatic heterocycles. The summed E-state index contributed by atoms with van der Waals surface area (Å²) in [5, 5.41) is 12.9. The summed E-state index contributed by atoms with van der Waals surface area (Å²) in [6.07, 6.45) is 7.66. The minimum Gasteiger partial charge on any atom is -0.493 e. The van der Waals surface area contributed by atoms with Crippen LogP contribution in [0.15, 0.2) is 48.8 Å². The maximum absolute atomic E-state index is 11.6. The molecule has 170 valence electrons. The molecule has 2 aliphatic rings. The van der Waals surface area contributed by atoms with Crippen molar-refractivity contribution in [1.82, 2.24) is 9.97 Å². The number of carbonyl (C=O) groups is 1. The van der Waals surface area contributed by atoms with Crippen LogP contribution in [-0.2, 0) is 12.8 Å². The van der Waals surface area contributed by atoms with E-state index in [1.165, 1.54) is 17.5 Å². The maximum atomic E-state index is 11.6. The second kappa shape index (κ2) is 9.48. The van der Waals surface area contributed by atoms with E-state index in [1.807, 2.05) is 6.07 Å². The van der Waals surface area contributed by atoms with Crippen molar-refractivity contribution in [3.8, 4) is 22.8 Å². The van der Waals surface area contributed by atoms with E-state index in [-0.39, 0.29) is 11.7 Å². The number of ether oxygens (including phenoxy) is 2. The molecular weight excluding hydrogens is 418 g/mol. The maximum Gasteiger partial charge on any atom is 0.339 e. The first-order chi connectivity index (χ1) is 16.2. The van der Waals surface area contributed by atoms with Gasteiger partial charge in [0.2, 0.25) is 0 Å². The van der Waals surface area contributed by atoms with Gasteiger partial charge in [-0.3, -0.25) is 0 Å². The third kappa shape index (κ3) is 4.92. The van der Waals surface area contributed by atoms with Gasteiger partial charge in [0.25, 0.3) is 0 Å². The summed E-state index contributed by atoms with van der Waals surface area (Å²) in [5.74, 6) is 1.13. The molecule has 2 N–H and O–H groups in total. The predicted octanol–water partition coefficient (Wildman–Crippen LogP) is 4.75. The molecule has 33 heavy (non-hydrogen) atoms. The van der Waals surface area contributed by atoms with Crippen molar-refractivity contribution in [2.45, 2.75) is 44.6 Å². The molecule has 5 rings (SSSR count). The summed E-state index contributed by atoms with van der Waals surface area (Å²) < 4.78 is 11.7. The largest absolute Gasteiger partial charge is 0.493 e. The summed E-state index contributed by atoms with van der Waals surface area (Å²) >= 11 is 0. The van der Waals surface area contributed by atoms with Crippen LogP contribution in [0.4, 0.5) is 5.82 Å². The van der Waals surface area contributed by atoms with Crippen molar-refractivity contribution < 1.29 is 19.4 Å². The lowest BCUT2D eigenvalue weighted by Crippen LogP contribution is -2.25. The Hall–Kier alpha value is -3.61. The van der Waals surface area contributed by atoms with Crippen LogP contribution in [0.3, 0.4) is 0 Å². The molecule has 7 nitrogen and oxygen atoms in total. The zero-order chi connectivity index (χ0) is 22.6. The van der Waals surface area contributed by atoms with Crippen LogP contribution in [0.2, 0.25) is 0 Å². The third-order valence-electron chi connectivity index (χ3n) is 6.22. The minimum atomic E-state index is -0.992. The van der Waals surface area contributed by atoms with E-state index in [0.29, 0.717) is 11.4 Å². The summed E-state index contributed by atoms with van der Waals surface area (Å²) in [7, 11) is 0. The van der Waals surface area contributed by atoms with E-state index >= 15 is 0 Å². The number of aromatic nitrogens is 2. The van der Waals surface area contributed by atoms with Crippen molar-refractivity contribution in [3.05, 3.63) is 65.5 Å². The molecule has 1 aliphatic carbocycles. The Kier molecular flexibility index (Phi) is 6.11. The molecule has 7 heteroatoms. The molecule has 0 atom stereocenters. The Labute approximate surface area is 192 Å². The van der Waals surface area contributed by atoms with E-state index in [9.17, 15) is 9.90 Å². The van der Waals surface area contributed by atoms with E-state index in [2.05, 4.69) is 33.5 Å². The molecule has 2 aromatic carbocycles. The quantitative estimate of drug-likeness (QED) is 0.517. The van der Waals surface area contributed by atoms with E-state index in [4.69, 9.17) is 9.47 Å². The lowest BCUT2D eigenvalue weighted by molar-refractivity contribution is 0.0680. The Bertz CT molecular complexity index is 1160. The van der Waals surface area contributed by atoms with Crippen LogP contribution in [-0.4, -0.2) is 40.3 Å². The van der Waals surface area contributed by atoms with Crippen molar-refractivity contribution in [2.75, 3.05) is 18.5 Å². The minimum absolute atomic E-state index is 0.0926. The lowest BCUT2D eigenvalue weighted by Gasteiger charge is -2.27. The second-order valence-electron chi connectivity index (χ2n) is 8.55. The summed E-state index contributed by atoms with van der Waals surface area (Å²) in [5.41, 5.74) is 4.19. The van der Waals surface area contributed by atoms with Crippen molar-refractivity contribution >= 4 is 11.8 Å². The van der Waals surface area contributed by atoms with Crippen LogP contribution in [0.25, 0.3) is 11.3 Å². The highest BCUT2D eigenvalue weighted by molar-refractivity contribution is 5.92. The van der Waals surface area contributed by atoms with Gasteiger partial charge in [-0.2, -0.15) is 0 Å². The van der Waals surface area contributed by atoms with E-state index in [0.717, 1.165) is 68.8 Å². The molecule has 0 bridgehead atoms. The van der Waals surface area contributed by atoms with Crippen LogP contribution in [0.5, 0.6) is 11.5 Å². The fourth-order valence-electron chi connectivity index (χ4n) is 4.11. The summed E-state index contributed by atoms with van der Waals surface area (Å²) in [6.45, 7) is 1.52. The molecule has 0 spiro atoms. The average molecular weight is 446 g/mol. The van der Waals surface area contributed by atoms with Crippen molar-refractivity contribution in [3.63, 3.8) is 0 Å². The number of rotatable bonds is 8. The van der Waals surface area contributed by atoms with Crippen molar-refractivity contribution in [2.24, 2.45) is 0 Å². The van der Waals surface area contributed by atoms with Gasteiger partial charge in [-0.25, -0.2) is 14.8 Å². The van der Waals surface area contributed by atoms with Gasteiger partial charge >= 0.3 is 5.97 Å². The standard InChI is InChI=1S/C26H27N3O4/c30-26(31)21-9-8-19(14-24(21)33-20-4-1-5-20)22-15-25(29-16-28-22)27-11-10-17-6-7-18-3-2-12-32-23(18)13-17/h6-9,13-16,20H,1-5,10-12H2,(H,30,31)(H,27,28,29). The van der Waals surface area contributed by atoms with Crippen LogP contribution < -0.4 is 14.8 Å². The number of fused-ring (bicyclic) bond motifs is 1. The Balaban J connectivity index is 1.27. The fraction of sp³-hybridized carbons (Fsp3) is 0.346. The van der Waals surface area contributed by atoms with Crippen LogP contribution in [0.1, 0.15) is 47.2 Å². The van der Waals surface area contributed by atoms with Gasteiger partial charge in [0.05, 0.1) is 18.4 Å². The molecular formula is C26H27N3O4. The molecule has 1 saturated carbocycles. The van der Waals surface area contributed by atoms with Crippen molar-refractivity contribution in [1.29, 1.82) is 0 Å². The smallest absolute Gasteiger partial charge is 0.339 e. The SMILES string of the molecule is O=C(O)c1ccc(-c2cc(NCCc3ccc4c(c3)OCCC4)ncn2)cc1OC1CCC1. The summed E-state index contributed by atoms with van der Waals surface area (Å²) in [4.78, 5) is 20.3. The topological polar surface area (TPSA) is 93.6 Å². The molecule has 1 aliphatic heterocycles. The van der Waals surface area contributed by atoms with E-state index in [1.54, 1.807) is 18.2 Å². The van der Waals surface area contributed by atoms with E-state index < -0.39 is 5.97 Å². The molecule has 3 aromatic rings. The first kappa shape index (κ1) is 21.2. The first-order valence-corrected chi connectivity index (χ1v) is 11.5. The van der Waals surface area contributed by atoms with Gasteiger partial charge in [-0.1, -0.05) is 18.2 Å². The Morgan fingerprint density at radius 3 is 2.85 bits per heavy atom. The normalized spacial score (nSPS) is 15.2. The monoisotopic (exact) mass is 445 g/mol. The molecule has 2 heterocycles. The van der Waals surface area contributed by atoms with Gasteiger partial charge in [0.15, 0.2) is 0 Å². The number of carboxylic acid groups (broad SMARTS) is 1. The number of nitrogens with one attached hydrogen (secondary N) is 1. The number of aromatic carboxylic acids is 1. The average Bonchev–Trinajstić information content (AvgIpc) is 2.81. The Morgan fingerprint density at radius 2 is 2.03 bits per heavy atom. The summed E-state index contributed by atoms with van der Waals surface area (Å²) in [6, 6.07) is 13.4. The number of hydrogen-bond acceptors (Lipinski definition) is 6. The molecule has 0 radical (unpaired) electrons. The lowest BCUT2D eigenvalue weighted by atomic mass is 9.96. The molecule has 0 saturated heterocycles. The highest BCUT2D eigenvalue weighted by Gasteiger charge is 2.22. The highest BCUT2D eigenvalue weighted by atomic mass is 16.5. The number of carboxylic acids is 1. The zero-order valence-electron chi connectivity index (χ0n) is 18.4. The second-order valence-corrected chi connectivity index (χ2v) is 8.55. The predicted molar refractivity (Wildman–Crippen MR) is 125 cm³/mol. The van der Waals surface area contributed by atoms with Crippen LogP contribution in [0, 0.1) is 0 Å².